The first-order chi connectivity index (χ1) is 13.0. The van der Waals surface area contributed by atoms with Crippen molar-refractivity contribution in [2.75, 3.05) is 5.32 Å². The van der Waals surface area contributed by atoms with E-state index < -0.39 is 4.92 Å². The van der Waals surface area contributed by atoms with Gasteiger partial charge in [-0.2, -0.15) is 0 Å². The molecule has 3 rings (SSSR count). The third-order valence-electron chi connectivity index (χ3n) is 3.44. The molecule has 2 N–H and O–H groups in total. The number of anilines is 1. The number of nitrogens with one attached hydrogen (secondary N) is 2. The van der Waals surface area contributed by atoms with Crippen LogP contribution in [-0.2, 0) is 4.79 Å². The predicted molar refractivity (Wildman–Crippen MR) is 98.7 cm³/mol. The Morgan fingerprint density at radius 3 is 2.81 bits per heavy atom. The lowest BCUT2D eigenvalue weighted by Crippen LogP contribution is -2.05. The maximum atomic E-state index is 11.2. The van der Waals surface area contributed by atoms with Crippen molar-refractivity contribution in [3.63, 3.8) is 0 Å². The SMILES string of the molecule is CC(=O)Nc1cccc(-c2nc(Sc3ccc(C=O)cc3[N+](=O)[O-])n[nH]2)c1. The van der Waals surface area contributed by atoms with Crippen LogP contribution in [0.3, 0.4) is 0 Å². The summed E-state index contributed by atoms with van der Waals surface area (Å²) in [6, 6.07) is 11.2. The molecule has 0 spiro atoms. The molecule has 0 unspecified atom stereocenters. The number of carbonyl (C=O) groups excluding carboxylic acids is 2. The molecule has 0 aliphatic rings. The van der Waals surface area contributed by atoms with Gasteiger partial charge in [-0.3, -0.25) is 24.8 Å². The molecule has 0 radical (unpaired) electrons. The number of hydrogen-bond donors (Lipinski definition) is 2. The van der Waals surface area contributed by atoms with Crippen LogP contribution in [0.5, 0.6) is 0 Å². The second-order valence-corrected chi connectivity index (χ2v) is 6.44. The van der Waals surface area contributed by atoms with Crippen LogP contribution < -0.4 is 5.32 Å². The minimum Gasteiger partial charge on any atom is -0.326 e. The smallest absolute Gasteiger partial charge is 0.284 e. The third-order valence-corrected chi connectivity index (χ3v) is 4.37. The van der Waals surface area contributed by atoms with Crippen LogP contribution in [0.2, 0.25) is 0 Å². The Bertz CT molecular complexity index is 1030. The fourth-order valence-corrected chi connectivity index (χ4v) is 3.10. The van der Waals surface area contributed by atoms with Gasteiger partial charge in [0.25, 0.3) is 5.69 Å². The standard InChI is InChI=1S/C17H13N5O4S/c1-10(24)18-13-4-2-3-12(8-13)16-19-17(21-20-16)27-15-6-5-11(9-23)7-14(15)22(25)26/h2-9H,1H3,(H,18,24)(H,19,20,21). The molecule has 2 aromatic carbocycles. The first kappa shape index (κ1) is 18.3. The van der Waals surface area contributed by atoms with Crippen LogP contribution in [0.15, 0.2) is 52.5 Å². The van der Waals surface area contributed by atoms with E-state index in [-0.39, 0.29) is 22.3 Å². The van der Waals surface area contributed by atoms with Crippen molar-refractivity contribution in [1.29, 1.82) is 0 Å². The number of hydrogen-bond acceptors (Lipinski definition) is 7. The van der Waals surface area contributed by atoms with Crippen LogP contribution in [-0.4, -0.2) is 32.3 Å². The first-order valence-corrected chi connectivity index (χ1v) is 8.50. The van der Waals surface area contributed by atoms with Gasteiger partial charge >= 0.3 is 0 Å². The molecular formula is C17H13N5O4S. The Labute approximate surface area is 157 Å². The monoisotopic (exact) mass is 383 g/mol. The summed E-state index contributed by atoms with van der Waals surface area (Å²) >= 11 is 1.01. The highest BCUT2D eigenvalue weighted by Gasteiger charge is 2.18. The van der Waals surface area contributed by atoms with Crippen molar-refractivity contribution in [3.8, 4) is 11.4 Å². The molecule has 1 amide bonds. The van der Waals surface area contributed by atoms with Crippen molar-refractivity contribution >= 4 is 35.3 Å². The van der Waals surface area contributed by atoms with Gasteiger partial charge in [-0.05, 0) is 30.0 Å². The molecule has 0 aliphatic carbocycles. The van der Waals surface area contributed by atoms with E-state index >= 15 is 0 Å². The van der Waals surface area contributed by atoms with Crippen molar-refractivity contribution in [1.82, 2.24) is 15.2 Å². The average molecular weight is 383 g/mol. The van der Waals surface area contributed by atoms with Crippen molar-refractivity contribution < 1.29 is 14.5 Å². The second kappa shape index (κ2) is 7.79. The Morgan fingerprint density at radius 2 is 2.11 bits per heavy atom. The van der Waals surface area contributed by atoms with E-state index in [0.29, 0.717) is 28.3 Å². The van der Waals surface area contributed by atoms with E-state index in [2.05, 4.69) is 20.5 Å². The van der Waals surface area contributed by atoms with E-state index in [1.54, 1.807) is 24.3 Å². The van der Waals surface area contributed by atoms with E-state index in [0.717, 1.165) is 11.8 Å². The minimum absolute atomic E-state index is 0.188. The number of H-pyrrole nitrogens is 1. The quantitative estimate of drug-likeness (QED) is 0.379. The van der Waals surface area contributed by atoms with E-state index in [4.69, 9.17) is 0 Å². The normalized spacial score (nSPS) is 10.4. The maximum Gasteiger partial charge on any atom is 0.284 e. The highest BCUT2D eigenvalue weighted by molar-refractivity contribution is 7.99. The fraction of sp³-hybridized carbons (Fsp3) is 0.0588. The maximum absolute atomic E-state index is 11.2. The summed E-state index contributed by atoms with van der Waals surface area (Å²) < 4.78 is 0. The number of nitrogens with zero attached hydrogens (tertiary/aromatic N) is 3. The van der Waals surface area contributed by atoms with Gasteiger partial charge in [-0.25, -0.2) is 4.98 Å². The number of amides is 1. The minimum atomic E-state index is -0.556. The van der Waals surface area contributed by atoms with Crippen LogP contribution in [0.25, 0.3) is 11.4 Å². The Morgan fingerprint density at radius 1 is 1.30 bits per heavy atom. The number of carbonyl (C=O) groups is 2. The lowest BCUT2D eigenvalue weighted by Gasteiger charge is -2.03. The molecule has 0 aliphatic heterocycles. The number of aldehydes is 1. The van der Waals surface area contributed by atoms with E-state index in [1.165, 1.54) is 25.1 Å². The number of aromatic nitrogens is 3. The second-order valence-electron chi connectivity index (χ2n) is 5.43. The average Bonchev–Trinajstić information content (AvgIpc) is 3.10. The molecule has 0 saturated carbocycles. The molecule has 27 heavy (non-hydrogen) atoms. The van der Waals surface area contributed by atoms with Crippen LogP contribution >= 0.6 is 11.8 Å². The van der Waals surface area contributed by atoms with Crippen LogP contribution in [0.1, 0.15) is 17.3 Å². The molecule has 0 fully saturated rings. The lowest BCUT2D eigenvalue weighted by atomic mass is 10.2. The van der Waals surface area contributed by atoms with E-state index in [1.807, 2.05) is 0 Å². The van der Waals surface area contributed by atoms with Gasteiger partial charge < -0.3 is 5.32 Å². The molecule has 136 valence electrons. The summed E-state index contributed by atoms with van der Waals surface area (Å²) in [5, 5.41) is 21.0. The lowest BCUT2D eigenvalue weighted by molar-refractivity contribution is -0.387. The fourth-order valence-electron chi connectivity index (χ4n) is 2.30. The topological polar surface area (TPSA) is 131 Å². The molecule has 0 atom stereocenters. The summed E-state index contributed by atoms with van der Waals surface area (Å²) in [5.41, 5.74) is 1.34. The summed E-state index contributed by atoms with van der Waals surface area (Å²) in [5.74, 6) is 0.268. The van der Waals surface area contributed by atoms with Gasteiger partial charge in [-0.15, -0.1) is 5.10 Å². The number of nitro benzene ring substituents is 1. The zero-order valence-corrected chi connectivity index (χ0v) is 14.8. The number of rotatable bonds is 6. The first-order valence-electron chi connectivity index (χ1n) is 7.68. The highest BCUT2D eigenvalue weighted by Crippen LogP contribution is 2.34. The van der Waals surface area contributed by atoms with E-state index in [9.17, 15) is 19.7 Å². The number of aromatic amines is 1. The Hall–Kier alpha value is -3.53. The molecule has 9 nitrogen and oxygen atoms in total. The van der Waals surface area contributed by atoms with Crippen molar-refractivity contribution in [2.24, 2.45) is 0 Å². The van der Waals surface area contributed by atoms with Gasteiger partial charge in [0, 0.05) is 29.8 Å². The summed E-state index contributed by atoms with van der Waals surface area (Å²) in [6.07, 6.45) is 0.550. The zero-order chi connectivity index (χ0) is 19.4. The third kappa shape index (κ3) is 4.36. The van der Waals surface area contributed by atoms with Gasteiger partial charge in [0.15, 0.2) is 5.82 Å². The zero-order valence-electron chi connectivity index (χ0n) is 14.0. The molecule has 0 saturated heterocycles. The summed E-state index contributed by atoms with van der Waals surface area (Å²) in [4.78, 5) is 37.3. The molecule has 1 aromatic heterocycles. The Kier molecular flexibility index (Phi) is 5.27. The Balaban J connectivity index is 1.86. The predicted octanol–water partition coefficient (Wildman–Crippen LogP) is 3.30. The van der Waals surface area contributed by atoms with Crippen LogP contribution in [0.4, 0.5) is 11.4 Å². The molecule has 1 heterocycles. The van der Waals surface area contributed by atoms with Crippen molar-refractivity contribution in [3.05, 3.63) is 58.1 Å². The molecular weight excluding hydrogens is 370 g/mol. The van der Waals surface area contributed by atoms with Gasteiger partial charge in [0.1, 0.15) is 6.29 Å². The largest absolute Gasteiger partial charge is 0.326 e. The molecule has 3 aromatic rings. The van der Waals surface area contributed by atoms with Gasteiger partial charge in [-0.1, -0.05) is 18.2 Å². The van der Waals surface area contributed by atoms with Gasteiger partial charge in [0.2, 0.25) is 11.1 Å². The highest BCUT2D eigenvalue weighted by atomic mass is 32.2. The number of nitro groups is 1. The van der Waals surface area contributed by atoms with Crippen molar-refractivity contribution in [2.45, 2.75) is 17.0 Å². The van der Waals surface area contributed by atoms with Crippen LogP contribution in [0, 0.1) is 10.1 Å². The summed E-state index contributed by atoms with van der Waals surface area (Å²) in [6.45, 7) is 1.42. The van der Waals surface area contributed by atoms with Gasteiger partial charge in [0.05, 0.1) is 9.82 Å². The summed E-state index contributed by atoms with van der Waals surface area (Å²) in [7, 11) is 0. The molecule has 0 bridgehead atoms. The number of benzene rings is 2. The molecule has 10 heteroatoms.